The van der Waals surface area contributed by atoms with Crippen LogP contribution in [-0.2, 0) is 5.88 Å². The molecule has 6 heteroatoms. The molecule has 2 nitrogen and oxygen atoms in total. The molecule has 1 aromatic heterocycles. The van der Waals surface area contributed by atoms with E-state index in [1.165, 1.54) is 0 Å². The molecular formula is C12H11BrClFN2S. The van der Waals surface area contributed by atoms with Crippen molar-refractivity contribution >= 4 is 50.3 Å². The number of benzene rings is 1. The summed E-state index contributed by atoms with van der Waals surface area (Å²) in [7, 11) is 0. The largest absolute Gasteiger partial charge is 0.323 e. The number of fused-ring (bicyclic) bond motifs is 1. The maximum absolute atomic E-state index is 13.7. The number of imidazole rings is 1. The summed E-state index contributed by atoms with van der Waals surface area (Å²) in [6, 6.07) is 3.65. The van der Waals surface area contributed by atoms with Gasteiger partial charge >= 0.3 is 0 Å². The Morgan fingerprint density at radius 3 is 3.06 bits per heavy atom. The van der Waals surface area contributed by atoms with Gasteiger partial charge in [-0.25, -0.2) is 9.37 Å². The normalized spacial score (nSPS) is 19.8. The zero-order valence-electron chi connectivity index (χ0n) is 9.50. The zero-order chi connectivity index (χ0) is 12.7. The molecule has 1 fully saturated rings. The molecule has 2 heterocycles. The van der Waals surface area contributed by atoms with Crippen molar-refractivity contribution in [3.05, 3.63) is 28.2 Å². The first-order valence-electron chi connectivity index (χ1n) is 5.70. The van der Waals surface area contributed by atoms with E-state index in [0.29, 0.717) is 16.4 Å². The lowest BCUT2D eigenvalue weighted by atomic mass is 10.2. The van der Waals surface area contributed by atoms with E-state index in [1.54, 1.807) is 12.1 Å². The van der Waals surface area contributed by atoms with Crippen molar-refractivity contribution in [2.24, 2.45) is 0 Å². The van der Waals surface area contributed by atoms with Gasteiger partial charge in [-0.15, -0.1) is 11.6 Å². The van der Waals surface area contributed by atoms with Gasteiger partial charge in [0.15, 0.2) is 0 Å². The van der Waals surface area contributed by atoms with Crippen LogP contribution < -0.4 is 0 Å². The highest BCUT2D eigenvalue weighted by atomic mass is 79.9. The van der Waals surface area contributed by atoms with Crippen LogP contribution in [0.2, 0.25) is 0 Å². The van der Waals surface area contributed by atoms with Crippen LogP contribution in [0.3, 0.4) is 0 Å². The first-order valence-corrected chi connectivity index (χ1v) is 8.18. The summed E-state index contributed by atoms with van der Waals surface area (Å²) in [5.74, 6) is 3.12. The van der Waals surface area contributed by atoms with E-state index in [1.807, 2.05) is 11.8 Å². The third-order valence-corrected chi connectivity index (χ3v) is 5.19. The van der Waals surface area contributed by atoms with Gasteiger partial charge in [-0.1, -0.05) is 0 Å². The second-order valence-corrected chi connectivity index (χ2v) is 6.58. The molecule has 0 amide bonds. The maximum Gasteiger partial charge on any atom is 0.139 e. The molecular weight excluding hydrogens is 339 g/mol. The Kier molecular flexibility index (Phi) is 3.56. The van der Waals surface area contributed by atoms with E-state index in [9.17, 15) is 4.39 Å². The highest BCUT2D eigenvalue weighted by Gasteiger charge is 2.23. The Balaban J connectivity index is 2.23. The molecule has 0 bridgehead atoms. The smallest absolute Gasteiger partial charge is 0.139 e. The number of halogens is 3. The summed E-state index contributed by atoms with van der Waals surface area (Å²) in [5, 5.41) is 0. The van der Waals surface area contributed by atoms with Crippen molar-refractivity contribution in [2.75, 3.05) is 11.5 Å². The lowest BCUT2D eigenvalue weighted by Gasteiger charge is -2.14. The molecule has 1 atom stereocenters. The fraction of sp³-hybridized carbons (Fsp3) is 0.417. The third kappa shape index (κ3) is 2.06. The molecule has 1 aromatic carbocycles. The van der Waals surface area contributed by atoms with Gasteiger partial charge in [0.25, 0.3) is 0 Å². The summed E-state index contributed by atoms with van der Waals surface area (Å²) in [5.41, 5.74) is 1.65. The number of hydrogen-bond donors (Lipinski definition) is 0. The second-order valence-electron chi connectivity index (χ2n) is 4.30. The molecule has 0 saturated carbocycles. The number of aromatic nitrogens is 2. The number of thioether (sulfide) groups is 1. The van der Waals surface area contributed by atoms with Crippen molar-refractivity contribution < 1.29 is 4.39 Å². The Labute approximate surface area is 122 Å². The molecule has 0 aliphatic carbocycles. The minimum atomic E-state index is -0.254. The van der Waals surface area contributed by atoms with Crippen LogP contribution in [0.25, 0.3) is 11.0 Å². The molecule has 18 heavy (non-hydrogen) atoms. The van der Waals surface area contributed by atoms with Gasteiger partial charge in [0.1, 0.15) is 11.6 Å². The van der Waals surface area contributed by atoms with Crippen molar-refractivity contribution in [1.82, 2.24) is 9.55 Å². The van der Waals surface area contributed by atoms with Gasteiger partial charge < -0.3 is 4.57 Å². The Morgan fingerprint density at radius 1 is 1.56 bits per heavy atom. The van der Waals surface area contributed by atoms with Crippen LogP contribution in [0.4, 0.5) is 4.39 Å². The molecule has 1 saturated heterocycles. The fourth-order valence-corrected chi connectivity index (χ4v) is 4.08. The average molecular weight is 350 g/mol. The molecule has 0 radical (unpaired) electrons. The van der Waals surface area contributed by atoms with Crippen molar-refractivity contribution in [1.29, 1.82) is 0 Å². The topological polar surface area (TPSA) is 17.8 Å². The van der Waals surface area contributed by atoms with Crippen molar-refractivity contribution in [3.63, 3.8) is 0 Å². The maximum atomic E-state index is 13.7. The zero-order valence-corrected chi connectivity index (χ0v) is 12.7. The lowest BCUT2D eigenvalue weighted by Crippen LogP contribution is -2.10. The lowest BCUT2D eigenvalue weighted by molar-refractivity contribution is 0.556. The quantitative estimate of drug-likeness (QED) is 0.750. The molecule has 0 N–H and O–H groups in total. The molecule has 1 aliphatic rings. The van der Waals surface area contributed by atoms with Gasteiger partial charge in [0.2, 0.25) is 0 Å². The molecule has 96 valence electrons. The third-order valence-electron chi connectivity index (χ3n) is 3.19. The van der Waals surface area contributed by atoms with Gasteiger partial charge in [0, 0.05) is 17.9 Å². The number of rotatable bonds is 2. The minimum absolute atomic E-state index is 0.254. The van der Waals surface area contributed by atoms with E-state index in [4.69, 9.17) is 11.6 Å². The monoisotopic (exact) mass is 348 g/mol. The highest BCUT2D eigenvalue weighted by Crippen LogP contribution is 2.34. The highest BCUT2D eigenvalue weighted by molar-refractivity contribution is 9.10. The molecule has 1 aliphatic heterocycles. The van der Waals surface area contributed by atoms with E-state index >= 15 is 0 Å². The van der Waals surface area contributed by atoms with Crippen molar-refractivity contribution in [2.45, 2.75) is 18.3 Å². The van der Waals surface area contributed by atoms with Gasteiger partial charge in [0.05, 0.1) is 21.4 Å². The van der Waals surface area contributed by atoms with E-state index in [0.717, 1.165) is 34.8 Å². The SMILES string of the molecule is Fc1cc2c(cc1Br)nc(CCl)n2C1CCSC1. The van der Waals surface area contributed by atoms with E-state index in [-0.39, 0.29) is 5.82 Å². The number of hydrogen-bond acceptors (Lipinski definition) is 2. The Hall–Kier alpha value is -0.260. The summed E-state index contributed by atoms with van der Waals surface area (Å²) < 4.78 is 16.3. The van der Waals surface area contributed by atoms with E-state index < -0.39 is 0 Å². The van der Waals surface area contributed by atoms with Gasteiger partial charge in [-0.3, -0.25) is 0 Å². The van der Waals surface area contributed by atoms with Crippen LogP contribution in [0.5, 0.6) is 0 Å². The molecule has 0 spiro atoms. The second kappa shape index (κ2) is 5.02. The molecule has 2 aromatic rings. The van der Waals surface area contributed by atoms with Crippen molar-refractivity contribution in [3.8, 4) is 0 Å². The van der Waals surface area contributed by atoms with Crippen LogP contribution in [0, 0.1) is 5.82 Å². The fourth-order valence-electron chi connectivity index (χ4n) is 2.37. The minimum Gasteiger partial charge on any atom is -0.323 e. The summed E-state index contributed by atoms with van der Waals surface area (Å²) in [6.07, 6.45) is 1.09. The standard InChI is InChI=1S/C12H11BrClFN2S/c13-8-3-10-11(4-9(8)15)17(12(5-14)16-10)7-1-2-18-6-7/h3-4,7H,1-2,5-6H2. The molecule has 1 unspecified atom stereocenters. The number of alkyl halides is 1. The molecule has 3 rings (SSSR count). The summed E-state index contributed by atoms with van der Waals surface area (Å²) in [6.45, 7) is 0. The first kappa shape index (κ1) is 12.8. The number of nitrogens with zero attached hydrogens (tertiary/aromatic N) is 2. The predicted molar refractivity (Wildman–Crippen MR) is 77.9 cm³/mol. The average Bonchev–Trinajstić information content (AvgIpc) is 2.96. The van der Waals surface area contributed by atoms with Crippen LogP contribution in [0.1, 0.15) is 18.3 Å². The van der Waals surface area contributed by atoms with Gasteiger partial charge in [-0.05, 0) is 34.2 Å². The van der Waals surface area contributed by atoms with Crippen LogP contribution in [0.15, 0.2) is 16.6 Å². The predicted octanol–water partition coefficient (Wildman–Crippen LogP) is 4.35. The Bertz CT molecular complexity index is 595. The van der Waals surface area contributed by atoms with E-state index in [2.05, 4.69) is 25.5 Å². The summed E-state index contributed by atoms with van der Waals surface area (Å²) >= 11 is 11.1. The van der Waals surface area contributed by atoms with Crippen LogP contribution >= 0.6 is 39.3 Å². The van der Waals surface area contributed by atoms with Crippen LogP contribution in [-0.4, -0.2) is 21.1 Å². The summed E-state index contributed by atoms with van der Waals surface area (Å²) in [4.78, 5) is 4.50. The first-order chi connectivity index (χ1) is 8.70. The Morgan fingerprint density at radius 2 is 2.39 bits per heavy atom. The van der Waals surface area contributed by atoms with Gasteiger partial charge in [-0.2, -0.15) is 11.8 Å².